The lowest BCUT2D eigenvalue weighted by Crippen LogP contribution is -2.52. The van der Waals surface area contributed by atoms with E-state index in [0.29, 0.717) is 44.1 Å². The van der Waals surface area contributed by atoms with E-state index in [4.69, 9.17) is 14.2 Å². The number of hydrogen-bond acceptors (Lipinski definition) is 6. The summed E-state index contributed by atoms with van der Waals surface area (Å²) in [6.07, 6.45) is 3.54. The van der Waals surface area contributed by atoms with E-state index < -0.39 is 0 Å². The van der Waals surface area contributed by atoms with Gasteiger partial charge in [0, 0.05) is 24.7 Å². The molecule has 0 saturated carbocycles. The number of rotatable bonds is 6. The van der Waals surface area contributed by atoms with Crippen molar-refractivity contribution in [1.82, 2.24) is 15.5 Å². The fourth-order valence-electron chi connectivity index (χ4n) is 4.57. The summed E-state index contributed by atoms with van der Waals surface area (Å²) < 4.78 is 16.9. The predicted octanol–water partition coefficient (Wildman–Crippen LogP) is 2.89. The molecule has 8 heteroatoms. The molecule has 0 radical (unpaired) electrons. The number of ether oxygens (including phenoxy) is 3. The molecule has 0 aromatic heterocycles. The van der Waals surface area contributed by atoms with Crippen LogP contribution in [0.5, 0.6) is 11.5 Å². The lowest BCUT2D eigenvalue weighted by molar-refractivity contribution is -0.139. The van der Waals surface area contributed by atoms with Crippen molar-refractivity contribution in [2.45, 2.75) is 51.6 Å². The maximum Gasteiger partial charge on any atom is 0.337 e. The van der Waals surface area contributed by atoms with Crippen LogP contribution >= 0.6 is 0 Å². The van der Waals surface area contributed by atoms with Gasteiger partial charge in [-0.1, -0.05) is 13.0 Å². The number of carbonyl (C=O) groups excluding carboxylic acids is 2. The highest BCUT2D eigenvalue weighted by atomic mass is 16.5. The molecule has 3 heterocycles. The molecule has 0 spiro atoms. The predicted molar refractivity (Wildman–Crippen MR) is 115 cm³/mol. The van der Waals surface area contributed by atoms with Crippen LogP contribution < -0.4 is 20.1 Å². The lowest BCUT2D eigenvalue weighted by atomic mass is 9.99. The number of nitrogens with one attached hydrogen (secondary N) is 2. The first-order valence-electron chi connectivity index (χ1n) is 11.2. The number of nitrogens with zero attached hydrogens (tertiary/aromatic N) is 1. The summed E-state index contributed by atoms with van der Waals surface area (Å²) in [6.45, 7) is 6.72. The van der Waals surface area contributed by atoms with Gasteiger partial charge in [-0.2, -0.15) is 0 Å². The molecule has 1 aromatic carbocycles. The van der Waals surface area contributed by atoms with Crippen molar-refractivity contribution in [3.05, 3.63) is 35.0 Å². The van der Waals surface area contributed by atoms with E-state index in [1.165, 1.54) is 0 Å². The summed E-state index contributed by atoms with van der Waals surface area (Å²) in [5.74, 6) is 1.20. The second kappa shape index (κ2) is 9.60. The topological polar surface area (TPSA) is 89.1 Å². The highest BCUT2D eigenvalue weighted by molar-refractivity contribution is 5.94. The molecular weight excluding hydrogens is 398 g/mol. The lowest BCUT2D eigenvalue weighted by Gasteiger charge is -2.32. The fraction of sp³-hybridized carbons (Fsp3) is 0.565. The monoisotopic (exact) mass is 429 g/mol. The van der Waals surface area contributed by atoms with Crippen LogP contribution in [0.4, 0.5) is 4.79 Å². The van der Waals surface area contributed by atoms with Crippen LogP contribution in [0.15, 0.2) is 29.5 Å². The van der Waals surface area contributed by atoms with Crippen LogP contribution in [0.1, 0.15) is 51.1 Å². The van der Waals surface area contributed by atoms with Crippen molar-refractivity contribution >= 4 is 12.0 Å². The summed E-state index contributed by atoms with van der Waals surface area (Å²) in [5.41, 5.74) is 2.32. The third-order valence-corrected chi connectivity index (χ3v) is 6.03. The third-order valence-electron chi connectivity index (χ3n) is 6.03. The van der Waals surface area contributed by atoms with Gasteiger partial charge in [0.1, 0.15) is 0 Å². The Labute approximate surface area is 182 Å². The summed E-state index contributed by atoms with van der Waals surface area (Å²) in [4.78, 5) is 27.2. The Hall–Kier alpha value is -2.74. The van der Waals surface area contributed by atoms with E-state index in [1.54, 1.807) is 6.92 Å². The van der Waals surface area contributed by atoms with E-state index in [2.05, 4.69) is 27.7 Å². The van der Waals surface area contributed by atoms with Crippen LogP contribution in [-0.2, 0) is 9.53 Å². The molecular formula is C23H31N3O5. The Balaban J connectivity index is 1.60. The van der Waals surface area contributed by atoms with Gasteiger partial charge in [0.2, 0.25) is 0 Å². The van der Waals surface area contributed by atoms with E-state index in [1.807, 2.05) is 13.0 Å². The average molecular weight is 430 g/mol. The number of esters is 1. The highest BCUT2D eigenvalue weighted by Gasteiger charge is 2.35. The number of benzene rings is 1. The minimum Gasteiger partial charge on any atom is -0.490 e. The zero-order valence-corrected chi connectivity index (χ0v) is 18.2. The maximum absolute atomic E-state index is 12.7. The van der Waals surface area contributed by atoms with E-state index >= 15 is 0 Å². The fourth-order valence-corrected chi connectivity index (χ4v) is 4.57. The molecule has 31 heavy (non-hydrogen) atoms. The Morgan fingerprint density at radius 2 is 2.00 bits per heavy atom. The molecule has 1 fully saturated rings. The Morgan fingerprint density at radius 1 is 1.19 bits per heavy atom. The molecule has 2 atom stereocenters. The number of carbonyl (C=O) groups is 2. The minimum atomic E-state index is -0.372. The number of likely N-dealkylation sites (tertiary alicyclic amines) is 1. The second-order valence-corrected chi connectivity index (χ2v) is 8.06. The van der Waals surface area contributed by atoms with Gasteiger partial charge in [-0.15, -0.1) is 0 Å². The SMILES string of the molecule is CCOC(=O)C1=C(CN2CCC[C@H]2c2ccc3c(c2)OCCCO3)NC(=O)N[C@@H]1CC. The molecule has 3 aliphatic heterocycles. The standard InChI is InChI=1S/C23H31N3O5/c1-3-16-21(22(27)29-4-2)17(25-23(28)24-16)14-26-10-5-7-18(26)15-8-9-19-20(13-15)31-12-6-11-30-19/h8-9,13,16,18H,3-7,10-12,14H2,1-2H3,(H2,24,25,28)/t16-,18+/m1/s1. The van der Waals surface area contributed by atoms with Gasteiger partial charge in [0.25, 0.3) is 0 Å². The summed E-state index contributed by atoms with van der Waals surface area (Å²) in [6, 6.07) is 5.70. The molecule has 2 amide bonds. The first-order valence-corrected chi connectivity index (χ1v) is 11.2. The van der Waals surface area contributed by atoms with Crippen molar-refractivity contribution in [3.8, 4) is 11.5 Å². The summed E-state index contributed by atoms with van der Waals surface area (Å²) >= 11 is 0. The van der Waals surface area contributed by atoms with Crippen LogP contribution in [-0.4, -0.2) is 55.9 Å². The Kier molecular flexibility index (Phi) is 6.65. The molecule has 1 saturated heterocycles. The first-order chi connectivity index (χ1) is 15.1. The van der Waals surface area contributed by atoms with Gasteiger partial charge in [0.05, 0.1) is 31.4 Å². The molecule has 0 aliphatic carbocycles. The number of amides is 2. The zero-order valence-electron chi connectivity index (χ0n) is 18.2. The Bertz CT molecular complexity index is 869. The smallest absolute Gasteiger partial charge is 0.337 e. The van der Waals surface area contributed by atoms with Gasteiger partial charge in [-0.25, -0.2) is 9.59 Å². The third kappa shape index (κ3) is 4.63. The van der Waals surface area contributed by atoms with Gasteiger partial charge < -0.3 is 24.8 Å². The van der Waals surface area contributed by atoms with Crippen LogP contribution in [0.25, 0.3) is 0 Å². The second-order valence-electron chi connectivity index (χ2n) is 8.06. The molecule has 1 aromatic rings. The van der Waals surface area contributed by atoms with Crippen molar-refractivity contribution in [2.75, 3.05) is 32.9 Å². The van der Waals surface area contributed by atoms with Crippen molar-refractivity contribution in [3.63, 3.8) is 0 Å². The van der Waals surface area contributed by atoms with Crippen LogP contribution in [0.3, 0.4) is 0 Å². The molecule has 4 rings (SSSR count). The van der Waals surface area contributed by atoms with Crippen molar-refractivity contribution in [1.29, 1.82) is 0 Å². The van der Waals surface area contributed by atoms with E-state index in [9.17, 15) is 9.59 Å². The van der Waals surface area contributed by atoms with Crippen molar-refractivity contribution < 1.29 is 23.8 Å². The van der Waals surface area contributed by atoms with Gasteiger partial charge in [-0.3, -0.25) is 4.90 Å². The quantitative estimate of drug-likeness (QED) is 0.676. The molecule has 0 bridgehead atoms. The maximum atomic E-state index is 12.7. The largest absolute Gasteiger partial charge is 0.490 e. The molecule has 0 unspecified atom stereocenters. The number of urea groups is 1. The average Bonchev–Trinajstić information content (AvgIpc) is 3.08. The highest BCUT2D eigenvalue weighted by Crippen LogP contribution is 2.38. The van der Waals surface area contributed by atoms with Gasteiger partial charge >= 0.3 is 12.0 Å². The van der Waals surface area contributed by atoms with E-state index in [-0.39, 0.29) is 24.1 Å². The number of fused-ring (bicyclic) bond motifs is 1. The molecule has 3 aliphatic rings. The van der Waals surface area contributed by atoms with Gasteiger partial charge in [0.15, 0.2) is 11.5 Å². The normalized spacial score (nSPS) is 23.7. The zero-order chi connectivity index (χ0) is 21.8. The summed E-state index contributed by atoms with van der Waals surface area (Å²) in [5, 5.41) is 5.71. The van der Waals surface area contributed by atoms with Crippen molar-refractivity contribution in [2.24, 2.45) is 0 Å². The van der Waals surface area contributed by atoms with Crippen LogP contribution in [0.2, 0.25) is 0 Å². The first kappa shape index (κ1) is 21.5. The number of hydrogen-bond donors (Lipinski definition) is 2. The molecule has 8 nitrogen and oxygen atoms in total. The summed E-state index contributed by atoms with van der Waals surface area (Å²) in [7, 11) is 0. The van der Waals surface area contributed by atoms with Gasteiger partial charge in [-0.05, 0) is 50.4 Å². The van der Waals surface area contributed by atoms with Crippen LogP contribution in [0, 0.1) is 0 Å². The molecule has 2 N–H and O–H groups in total. The Morgan fingerprint density at radius 3 is 2.77 bits per heavy atom. The minimum absolute atomic E-state index is 0.181. The van der Waals surface area contributed by atoms with E-state index in [0.717, 1.165) is 42.9 Å². The molecule has 168 valence electrons.